The first kappa shape index (κ1) is 13.4. The van der Waals surface area contributed by atoms with Gasteiger partial charge in [0.05, 0.1) is 0 Å². The van der Waals surface area contributed by atoms with Crippen LogP contribution in [0.5, 0.6) is 0 Å². The van der Waals surface area contributed by atoms with Crippen LogP contribution in [0.3, 0.4) is 0 Å². The molecule has 1 fully saturated rings. The van der Waals surface area contributed by atoms with Crippen LogP contribution in [0.15, 0.2) is 24.3 Å². The van der Waals surface area contributed by atoms with Crippen molar-refractivity contribution in [2.24, 2.45) is 5.92 Å². The number of anilines is 1. The molecule has 1 aliphatic rings. The molecule has 1 unspecified atom stereocenters. The van der Waals surface area contributed by atoms with Crippen LogP contribution >= 0.6 is 0 Å². The smallest absolute Gasteiger partial charge is 0.0366 e. The highest BCUT2D eigenvalue weighted by Gasteiger charge is 2.14. The van der Waals surface area contributed by atoms with Gasteiger partial charge in [-0.3, -0.25) is 0 Å². The summed E-state index contributed by atoms with van der Waals surface area (Å²) in [7, 11) is 0. The Balaban J connectivity index is 1.99. The highest BCUT2D eigenvalue weighted by Crippen LogP contribution is 2.18. The molecule has 1 aliphatic heterocycles. The first-order valence-corrected chi connectivity index (χ1v) is 7.34. The van der Waals surface area contributed by atoms with Crippen LogP contribution in [-0.2, 0) is 6.42 Å². The summed E-state index contributed by atoms with van der Waals surface area (Å²) in [6.07, 6.45) is 3.79. The molecular formula is C16H26N2. The van der Waals surface area contributed by atoms with Crippen molar-refractivity contribution in [3.8, 4) is 0 Å². The molecule has 1 heterocycles. The number of aryl methyl sites for hydroxylation is 1. The molecule has 1 aromatic rings. The molecule has 0 radical (unpaired) electrons. The van der Waals surface area contributed by atoms with Crippen molar-refractivity contribution < 1.29 is 0 Å². The molecule has 0 bridgehead atoms. The van der Waals surface area contributed by atoms with Crippen LogP contribution in [0.4, 0.5) is 5.69 Å². The fourth-order valence-electron chi connectivity index (χ4n) is 2.58. The quantitative estimate of drug-likeness (QED) is 0.878. The molecule has 0 saturated carbocycles. The van der Waals surface area contributed by atoms with Crippen LogP contribution in [0.2, 0.25) is 0 Å². The van der Waals surface area contributed by atoms with Crippen LogP contribution in [-0.4, -0.2) is 26.2 Å². The predicted octanol–water partition coefficient (Wildman–Crippen LogP) is 3.07. The maximum absolute atomic E-state index is 3.49. The molecule has 0 spiro atoms. The van der Waals surface area contributed by atoms with Crippen molar-refractivity contribution in [1.29, 1.82) is 0 Å². The predicted molar refractivity (Wildman–Crippen MR) is 79.3 cm³/mol. The van der Waals surface area contributed by atoms with Crippen LogP contribution in [0.1, 0.15) is 32.3 Å². The maximum atomic E-state index is 3.49. The summed E-state index contributed by atoms with van der Waals surface area (Å²) in [6, 6.07) is 9.19. The minimum Gasteiger partial charge on any atom is -0.370 e. The van der Waals surface area contributed by atoms with Crippen LogP contribution in [0, 0.1) is 5.92 Å². The third-order valence-corrected chi connectivity index (χ3v) is 3.70. The molecule has 1 N–H and O–H groups in total. The van der Waals surface area contributed by atoms with E-state index in [1.165, 1.54) is 37.1 Å². The molecule has 2 heteroatoms. The largest absolute Gasteiger partial charge is 0.370 e. The van der Waals surface area contributed by atoms with E-state index in [4.69, 9.17) is 0 Å². The Morgan fingerprint density at radius 3 is 2.78 bits per heavy atom. The van der Waals surface area contributed by atoms with Crippen molar-refractivity contribution in [1.82, 2.24) is 5.32 Å². The zero-order chi connectivity index (χ0) is 12.8. The molecule has 1 atom stereocenters. The molecule has 1 aromatic carbocycles. The summed E-state index contributed by atoms with van der Waals surface area (Å²) < 4.78 is 0. The summed E-state index contributed by atoms with van der Waals surface area (Å²) in [5.74, 6) is 0.729. The Morgan fingerprint density at radius 1 is 1.28 bits per heavy atom. The van der Waals surface area contributed by atoms with Crippen molar-refractivity contribution in [3.05, 3.63) is 29.8 Å². The van der Waals surface area contributed by atoms with E-state index in [0.717, 1.165) is 25.6 Å². The second kappa shape index (κ2) is 6.79. The van der Waals surface area contributed by atoms with Crippen LogP contribution in [0.25, 0.3) is 0 Å². The van der Waals surface area contributed by atoms with E-state index in [1.807, 2.05) is 0 Å². The van der Waals surface area contributed by atoms with E-state index in [-0.39, 0.29) is 0 Å². The van der Waals surface area contributed by atoms with E-state index >= 15 is 0 Å². The van der Waals surface area contributed by atoms with Gasteiger partial charge in [-0.1, -0.05) is 32.4 Å². The zero-order valence-electron chi connectivity index (χ0n) is 11.8. The second-order valence-electron chi connectivity index (χ2n) is 5.53. The summed E-state index contributed by atoms with van der Waals surface area (Å²) in [6.45, 7) is 9.11. The van der Waals surface area contributed by atoms with Gasteiger partial charge in [-0.2, -0.15) is 0 Å². The minimum absolute atomic E-state index is 0.729. The lowest BCUT2D eigenvalue weighted by atomic mass is 10.1. The first-order chi connectivity index (χ1) is 8.79. The third kappa shape index (κ3) is 3.74. The maximum Gasteiger partial charge on any atom is 0.0366 e. The van der Waals surface area contributed by atoms with E-state index in [2.05, 4.69) is 48.3 Å². The van der Waals surface area contributed by atoms with Gasteiger partial charge in [0.15, 0.2) is 0 Å². The number of hydrogen-bond donors (Lipinski definition) is 1. The number of unbranched alkanes of at least 4 members (excludes halogenated alkanes) is 1. The van der Waals surface area contributed by atoms with Crippen molar-refractivity contribution >= 4 is 5.69 Å². The Bertz CT molecular complexity index is 345. The lowest BCUT2D eigenvalue weighted by Gasteiger charge is -2.24. The number of hydrogen-bond acceptors (Lipinski definition) is 2. The summed E-state index contributed by atoms with van der Waals surface area (Å²) >= 11 is 0. The molecular weight excluding hydrogens is 220 g/mol. The molecule has 1 saturated heterocycles. The first-order valence-electron chi connectivity index (χ1n) is 7.34. The summed E-state index contributed by atoms with van der Waals surface area (Å²) in [4.78, 5) is 2.51. The molecule has 0 aromatic heterocycles. The number of nitrogens with one attached hydrogen (secondary N) is 1. The van der Waals surface area contributed by atoms with Gasteiger partial charge < -0.3 is 10.2 Å². The van der Waals surface area contributed by atoms with Gasteiger partial charge in [0.1, 0.15) is 0 Å². The molecule has 0 amide bonds. The topological polar surface area (TPSA) is 15.3 Å². The highest BCUT2D eigenvalue weighted by molar-refractivity contribution is 5.48. The molecule has 2 nitrogen and oxygen atoms in total. The minimum atomic E-state index is 0.729. The van der Waals surface area contributed by atoms with Gasteiger partial charge in [0.2, 0.25) is 0 Å². The van der Waals surface area contributed by atoms with Gasteiger partial charge in [-0.15, -0.1) is 0 Å². The fourth-order valence-corrected chi connectivity index (χ4v) is 2.58. The van der Waals surface area contributed by atoms with Crippen molar-refractivity contribution in [2.75, 3.05) is 31.1 Å². The number of benzene rings is 1. The Kier molecular flexibility index (Phi) is 5.06. The second-order valence-corrected chi connectivity index (χ2v) is 5.53. The normalized spacial score (nSPS) is 20.8. The molecule has 100 valence electrons. The highest BCUT2D eigenvalue weighted by atomic mass is 15.2. The standard InChI is InChI=1S/C16H26N2/c1-3-4-5-15-6-8-16(9-7-15)18-11-10-17-12-14(2)13-18/h6-9,14,17H,3-5,10-13H2,1-2H3. The Labute approximate surface area is 111 Å². The Morgan fingerprint density at radius 2 is 2.06 bits per heavy atom. The zero-order valence-corrected chi connectivity index (χ0v) is 11.8. The average molecular weight is 246 g/mol. The van der Waals surface area contributed by atoms with Crippen molar-refractivity contribution in [3.63, 3.8) is 0 Å². The number of rotatable bonds is 4. The fraction of sp³-hybridized carbons (Fsp3) is 0.625. The van der Waals surface area contributed by atoms with E-state index in [1.54, 1.807) is 0 Å². The van der Waals surface area contributed by atoms with Crippen molar-refractivity contribution in [2.45, 2.75) is 33.1 Å². The van der Waals surface area contributed by atoms with Gasteiger partial charge in [-0.05, 0) is 43.0 Å². The van der Waals surface area contributed by atoms with Crippen LogP contribution < -0.4 is 10.2 Å². The molecule has 2 rings (SSSR count). The average Bonchev–Trinajstić information content (AvgIpc) is 2.62. The lowest BCUT2D eigenvalue weighted by molar-refractivity contribution is 0.564. The van der Waals surface area contributed by atoms with Gasteiger partial charge in [0, 0.05) is 25.3 Å². The SMILES string of the molecule is CCCCc1ccc(N2CCNCC(C)C2)cc1. The third-order valence-electron chi connectivity index (χ3n) is 3.70. The molecule has 18 heavy (non-hydrogen) atoms. The summed E-state index contributed by atoms with van der Waals surface area (Å²) in [5, 5.41) is 3.49. The summed E-state index contributed by atoms with van der Waals surface area (Å²) in [5.41, 5.74) is 2.85. The van der Waals surface area contributed by atoms with E-state index in [9.17, 15) is 0 Å². The van der Waals surface area contributed by atoms with E-state index < -0.39 is 0 Å². The van der Waals surface area contributed by atoms with E-state index in [0.29, 0.717) is 0 Å². The van der Waals surface area contributed by atoms with Gasteiger partial charge in [0.25, 0.3) is 0 Å². The lowest BCUT2D eigenvalue weighted by Crippen LogP contribution is -2.29. The monoisotopic (exact) mass is 246 g/mol. The number of nitrogens with zero attached hydrogens (tertiary/aromatic N) is 1. The Hall–Kier alpha value is -1.02. The van der Waals surface area contributed by atoms with Gasteiger partial charge in [-0.25, -0.2) is 0 Å². The molecule has 0 aliphatic carbocycles. The van der Waals surface area contributed by atoms with Gasteiger partial charge >= 0.3 is 0 Å².